The summed E-state index contributed by atoms with van der Waals surface area (Å²) in [6.45, 7) is 1.38. The summed E-state index contributed by atoms with van der Waals surface area (Å²) < 4.78 is 10.0. The van der Waals surface area contributed by atoms with Crippen LogP contribution < -0.4 is 5.73 Å². The average molecular weight is 435 g/mol. The molecule has 2 N–H and O–H groups in total. The van der Waals surface area contributed by atoms with Gasteiger partial charge in [-0.1, -0.05) is 34.8 Å². The Morgan fingerprint density at radius 1 is 1.27 bits per heavy atom. The highest BCUT2D eigenvalue weighted by Gasteiger charge is 2.25. The van der Waals surface area contributed by atoms with Crippen LogP contribution in [0, 0.1) is 11.3 Å². The minimum atomic E-state index is -0.906. The van der Waals surface area contributed by atoms with Crippen LogP contribution in [0.4, 0.5) is 5.00 Å². The van der Waals surface area contributed by atoms with Crippen molar-refractivity contribution in [2.45, 2.75) is 13.5 Å². The minimum Gasteiger partial charge on any atom is -0.462 e. The molecule has 0 aliphatic carbocycles. The number of nitriles is 1. The molecule has 0 aliphatic rings. The van der Waals surface area contributed by atoms with Crippen LogP contribution in [-0.2, 0) is 16.1 Å². The van der Waals surface area contributed by atoms with Crippen LogP contribution in [0.1, 0.15) is 38.2 Å². The third-order valence-electron chi connectivity index (χ3n) is 3.07. The van der Waals surface area contributed by atoms with E-state index in [1.54, 1.807) is 6.92 Å². The molecule has 2 rings (SSSR count). The van der Waals surface area contributed by atoms with Crippen molar-refractivity contribution in [1.29, 1.82) is 5.26 Å². The van der Waals surface area contributed by atoms with Gasteiger partial charge in [-0.3, -0.25) is 0 Å². The van der Waals surface area contributed by atoms with Crippen molar-refractivity contribution in [3.05, 3.63) is 43.0 Å². The molecule has 0 aromatic carbocycles. The summed E-state index contributed by atoms with van der Waals surface area (Å²) in [5.41, 5.74) is 5.69. The zero-order valence-electron chi connectivity index (χ0n) is 13.1. The van der Waals surface area contributed by atoms with Gasteiger partial charge in [0.1, 0.15) is 22.6 Å². The van der Waals surface area contributed by atoms with Gasteiger partial charge in [0.05, 0.1) is 27.2 Å². The van der Waals surface area contributed by atoms with Crippen LogP contribution in [0.25, 0.3) is 0 Å². The van der Waals surface area contributed by atoms with Gasteiger partial charge >= 0.3 is 11.9 Å². The average Bonchev–Trinajstić information content (AvgIpc) is 2.93. The van der Waals surface area contributed by atoms with E-state index >= 15 is 0 Å². The Hall–Kier alpha value is -2.05. The first kappa shape index (κ1) is 20.3. The van der Waals surface area contributed by atoms with Crippen molar-refractivity contribution < 1.29 is 19.1 Å². The van der Waals surface area contributed by atoms with E-state index in [-0.39, 0.29) is 48.4 Å². The van der Waals surface area contributed by atoms with E-state index in [1.165, 1.54) is 0 Å². The highest BCUT2D eigenvalue weighted by Crippen LogP contribution is 2.33. The van der Waals surface area contributed by atoms with Gasteiger partial charge in [-0.05, 0) is 6.92 Å². The number of halogens is 3. The molecule has 0 radical (unpaired) electrons. The van der Waals surface area contributed by atoms with Crippen LogP contribution in [-0.4, -0.2) is 23.5 Å². The van der Waals surface area contributed by atoms with Crippen molar-refractivity contribution in [3.63, 3.8) is 0 Å². The SMILES string of the molecule is CCOC(=O)c1sc(N)c(C#N)c1COC(=O)c1ncc(Cl)c(Cl)c1Cl. The summed E-state index contributed by atoms with van der Waals surface area (Å²) in [5.74, 6) is -1.57. The summed E-state index contributed by atoms with van der Waals surface area (Å²) in [6.07, 6.45) is 1.15. The third kappa shape index (κ3) is 4.02. The fourth-order valence-corrected chi connectivity index (χ4v) is 3.37. The first-order valence-corrected chi connectivity index (χ1v) is 8.91. The number of nitrogens with zero attached hydrogens (tertiary/aromatic N) is 2. The van der Waals surface area contributed by atoms with E-state index in [0.717, 1.165) is 17.5 Å². The van der Waals surface area contributed by atoms with Gasteiger partial charge in [0, 0.05) is 11.8 Å². The maximum Gasteiger partial charge on any atom is 0.358 e. The number of rotatable bonds is 5. The molecule has 0 amide bonds. The van der Waals surface area contributed by atoms with Crippen LogP contribution in [0.15, 0.2) is 6.20 Å². The molecule has 0 spiro atoms. The molecule has 2 heterocycles. The van der Waals surface area contributed by atoms with Crippen molar-refractivity contribution in [2.24, 2.45) is 0 Å². The zero-order chi connectivity index (χ0) is 19.4. The van der Waals surface area contributed by atoms with E-state index < -0.39 is 18.5 Å². The van der Waals surface area contributed by atoms with Crippen molar-refractivity contribution in [2.75, 3.05) is 12.3 Å². The lowest BCUT2D eigenvalue weighted by Crippen LogP contribution is -2.11. The predicted molar refractivity (Wildman–Crippen MR) is 97.8 cm³/mol. The largest absolute Gasteiger partial charge is 0.462 e. The molecule has 2 aromatic rings. The fraction of sp³-hybridized carbons (Fsp3) is 0.200. The second-order valence-electron chi connectivity index (χ2n) is 4.64. The number of hydrogen-bond donors (Lipinski definition) is 1. The van der Waals surface area contributed by atoms with E-state index in [9.17, 15) is 14.9 Å². The van der Waals surface area contributed by atoms with Gasteiger partial charge in [-0.15, -0.1) is 11.3 Å². The number of carbonyl (C=O) groups excluding carboxylic acids is 2. The number of aromatic nitrogens is 1. The van der Waals surface area contributed by atoms with E-state index in [2.05, 4.69) is 4.98 Å². The molecule has 0 atom stereocenters. The molecule has 26 heavy (non-hydrogen) atoms. The van der Waals surface area contributed by atoms with Crippen molar-refractivity contribution >= 4 is 63.1 Å². The number of nitrogen functional groups attached to an aromatic ring is 1. The van der Waals surface area contributed by atoms with Crippen LogP contribution >= 0.6 is 46.1 Å². The Morgan fingerprint density at radius 3 is 2.58 bits per heavy atom. The molecular weight excluding hydrogens is 425 g/mol. The van der Waals surface area contributed by atoms with E-state index in [4.69, 9.17) is 50.0 Å². The molecule has 0 bridgehead atoms. The first-order chi connectivity index (χ1) is 12.3. The molecule has 0 saturated carbocycles. The lowest BCUT2D eigenvalue weighted by molar-refractivity contribution is 0.0447. The first-order valence-electron chi connectivity index (χ1n) is 6.96. The Kier molecular flexibility index (Phi) is 6.67. The second-order valence-corrected chi connectivity index (χ2v) is 6.86. The van der Waals surface area contributed by atoms with Gasteiger partial charge in [-0.2, -0.15) is 5.26 Å². The molecule has 0 fully saturated rings. The van der Waals surface area contributed by atoms with Crippen molar-refractivity contribution in [3.8, 4) is 6.07 Å². The lowest BCUT2D eigenvalue weighted by Gasteiger charge is -2.08. The zero-order valence-corrected chi connectivity index (χ0v) is 16.2. The number of anilines is 1. The molecule has 7 nitrogen and oxygen atoms in total. The van der Waals surface area contributed by atoms with E-state index in [1.807, 2.05) is 6.07 Å². The molecule has 0 saturated heterocycles. The van der Waals surface area contributed by atoms with Crippen LogP contribution in [0.2, 0.25) is 15.1 Å². The number of ether oxygens (including phenoxy) is 2. The normalized spacial score (nSPS) is 10.3. The monoisotopic (exact) mass is 433 g/mol. The number of esters is 2. The molecule has 136 valence electrons. The lowest BCUT2D eigenvalue weighted by atomic mass is 10.1. The number of carbonyl (C=O) groups is 2. The Bertz CT molecular complexity index is 924. The summed E-state index contributed by atoms with van der Waals surface area (Å²) in [5, 5.41) is 9.22. The molecule has 11 heteroatoms. The maximum atomic E-state index is 12.2. The number of nitrogens with two attached hydrogens (primary N) is 1. The Morgan fingerprint density at radius 2 is 1.96 bits per heavy atom. The second kappa shape index (κ2) is 8.56. The quantitative estimate of drug-likeness (QED) is 0.704. The predicted octanol–water partition coefficient (Wildman–Crippen LogP) is 4.09. The standard InChI is InChI=1S/C15H10Cl3N3O4S/c1-2-24-15(23)12-7(6(3-19)13(20)26-12)5-25-14(22)11-10(18)9(17)8(16)4-21-11/h4H,2,5,20H2,1H3. The van der Waals surface area contributed by atoms with Crippen LogP contribution in [0.3, 0.4) is 0 Å². The topological polar surface area (TPSA) is 115 Å². The van der Waals surface area contributed by atoms with Gasteiger partial charge in [0.25, 0.3) is 0 Å². The molecule has 0 aliphatic heterocycles. The van der Waals surface area contributed by atoms with Gasteiger partial charge in [-0.25, -0.2) is 14.6 Å². The number of thiophene rings is 1. The summed E-state index contributed by atoms with van der Waals surface area (Å²) in [6, 6.07) is 1.88. The van der Waals surface area contributed by atoms with E-state index in [0.29, 0.717) is 0 Å². The summed E-state index contributed by atoms with van der Waals surface area (Å²) >= 11 is 18.4. The number of hydrogen-bond acceptors (Lipinski definition) is 8. The molecular formula is C15H10Cl3N3O4S. The third-order valence-corrected chi connectivity index (χ3v) is 5.35. The Balaban J connectivity index is 2.29. The van der Waals surface area contributed by atoms with Gasteiger partial charge in [0.2, 0.25) is 0 Å². The fourth-order valence-electron chi connectivity index (χ4n) is 1.90. The minimum absolute atomic E-state index is 0.0408. The van der Waals surface area contributed by atoms with Gasteiger partial charge in [0.15, 0.2) is 5.69 Å². The summed E-state index contributed by atoms with van der Waals surface area (Å²) in [4.78, 5) is 28.1. The highest BCUT2D eigenvalue weighted by atomic mass is 35.5. The maximum absolute atomic E-state index is 12.2. The molecule has 2 aromatic heterocycles. The van der Waals surface area contributed by atoms with Crippen LogP contribution in [0.5, 0.6) is 0 Å². The van der Waals surface area contributed by atoms with Gasteiger partial charge < -0.3 is 15.2 Å². The smallest absolute Gasteiger partial charge is 0.358 e. The highest BCUT2D eigenvalue weighted by molar-refractivity contribution is 7.18. The number of pyridine rings is 1. The molecule has 0 unspecified atom stereocenters. The van der Waals surface area contributed by atoms with Crippen molar-refractivity contribution in [1.82, 2.24) is 4.98 Å². The Labute approximate surface area is 167 Å². The summed E-state index contributed by atoms with van der Waals surface area (Å²) in [7, 11) is 0.